The van der Waals surface area contributed by atoms with E-state index in [-0.39, 0.29) is 0 Å². The lowest BCUT2D eigenvalue weighted by atomic mass is 9.92. The van der Waals surface area contributed by atoms with Crippen molar-refractivity contribution >= 4 is 5.97 Å². The molecule has 0 aromatic heterocycles. The monoisotopic (exact) mass is 283 g/mol. The van der Waals surface area contributed by atoms with Gasteiger partial charge in [0.1, 0.15) is 5.54 Å². The number of hydrogen-bond acceptors (Lipinski definition) is 4. The number of hydrogen-bond donors (Lipinski definition) is 2. The van der Waals surface area contributed by atoms with Gasteiger partial charge in [0.2, 0.25) is 0 Å². The molecule has 5 heteroatoms. The lowest BCUT2D eigenvalue weighted by Crippen LogP contribution is -2.60. The largest absolute Gasteiger partial charge is 0.480 e. The predicted octanol–water partition coefficient (Wildman–Crippen LogP) is 0.713. The second-order valence-corrected chi connectivity index (χ2v) is 6.69. The first-order valence-corrected chi connectivity index (χ1v) is 7.83. The molecule has 1 aliphatic carbocycles. The molecule has 1 saturated heterocycles. The third-order valence-electron chi connectivity index (χ3n) is 4.73. The van der Waals surface area contributed by atoms with Crippen molar-refractivity contribution in [2.24, 2.45) is 11.8 Å². The van der Waals surface area contributed by atoms with Crippen LogP contribution in [-0.4, -0.2) is 73.2 Å². The van der Waals surface area contributed by atoms with Gasteiger partial charge in [0.15, 0.2) is 0 Å². The van der Waals surface area contributed by atoms with E-state index in [0.717, 1.165) is 25.9 Å². The van der Waals surface area contributed by atoms with Crippen LogP contribution in [0.1, 0.15) is 26.2 Å². The van der Waals surface area contributed by atoms with Crippen molar-refractivity contribution in [3.63, 3.8) is 0 Å². The highest BCUT2D eigenvalue weighted by Gasteiger charge is 2.51. The maximum atomic E-state index is 11.8. The highest BCUT2D eigenvalue weighted by Crippen LogP contribution is 2.40. The average Bonchev–Trinajstić information content (AvgIpc) is 3.13. The van der Waals surface area contributed by atoms with Gasteiger partial charge in [-0.3, -0.25) is 4.79 Å². The van der Waals surface area contributed by atoms with Gasteiger partial charge in [-0.1, -0.05) is 6.92 Å². The van der Waals surface area contributed by atoms with Gasteiger partial charge in [0.05, 0.1) is 0 Å². The van der Waals surface area contributed by atoms with Crippen LogP contribution in [0, 0.1) is 11.8 Å². The summed E-state index contributed by atoms with van der Waals surface area (Å²) in [6.45, 7) is 6.61. The Morgan fingerprint density at radius 3 is 2.60 bits per heavy atom. The number of aliphatic carboxylic acids is 1. The van der Waals surface area contributed by atoms with Crippen LogP contribution in [0.2, 0.25) is 0 Å². The molecule has 20 heavy (non-hydrogen) atoms. The van der Waals surface area contributed by atoms with Gasteiger partial charge in [-0.15, -0.1) is 0 Å². The molecule has 1 saturated carbocycles. The Bertz CT molecular complexity index is 346. The lowest BCUT2D eigenvalue weighted by Gasteiger charge is -2.35. The molecule has 1 heterocycles. The van der Waals surface area contributed by atoms with E-state index in [2.05, 4.69) is 29.2 Å². The lowest BCUT2D eigenvalue weighted by molar-refractivity contribution is -0.147. The second kappa shape index (κ2) is 6.41. The van der Waals surface area contributed by atoms with Gasteiger partial charge in [0.25, 0.3) is 0 Å². The van der Waals surface area contributed by atoms with Gasteiger partial charge in [-0.25, -0.2) is 0 Å². The number of carboxylic acid groups (broad SMARTS) is 1. The summed E-state index contributed by atoms with van der Waals surface area (Å²) in [5.41, 5.74) is -0.742. The SMILES string of the molecule is CCNC(CN(C)CC1CCN(C)C1)(C(=O)O)C1CC1. The molecule has 116 valence electrons. The zero-order valence-electron chi connectivity index (χ0n) is 13.1. The van der Waals surface area contributed by atoms with E-state index in [0.29, 0.717) is 24.9 Å². The van der Waals surface area contributed by atoms with Crippen molar-refractivity contribution in [3.05, 3.63) is 0 Å². The Morgan fingerprint density at radius 2 is 2.15 bits per heavy atom. The standard InChI is InChI=1S/C15H29N3O2/c1-4-16-15(14(19)20,13-5-6-13)11-18(3)10-12-7-8-17(2)9-12/h12-13,16H,4-11H2,1-3H3,(H,19,20). The maximum Gasteiger partial charge on any atom is 0.325 e. The fraction of sp³-hybridized carbons (Fsp3) is 0.933. The number of likely N-dealkylation sites (N-methyl/N-ethyl adjacent to an activating group) is 2. The minimum absolute atomic E-state index is 0.300. The fourth-order valence-electron chi connectivity index (χ4n) is 3.65. The number of likely N-dealkylation sites (tertiary alicyclic amines) is 1. The summed E-state index contributed by atoms with van der Waals surface area (Å²) >= 11 is 0. The Balaban J connectivity index is 1.94. The summed E-state index contributed by atoms with van der Waals surface area (Å²) in [7, 11) is 4.22. The molecule has 0 aromatic carbocycles. The Hall–Kier alpha value is -0.650. The van der Waals surface area contributed by atoms with Gasteiger partial charge in [-0.2, -0.15) is 0 Å². The second-order valence-electron chi connectivity index (χ2n) is 6.69. The van der Waals surface area contributed by atoms with Gasteiger partial charge in [0, 0.05) is 19.6 Å². The Kier molecular flexibility index (Phi) is 5.04. The van der Waals surface area contributed by atoms with Crippen molar-refractivity contribution in [1.29, 1.82) is 0 Å². The van der Waals surface area contributed by atoms with Crippen LogP contribution in [0.5, 0.6) is 0 Å². The molecule has 2 rings (SSSR count). The molecule has 0 amide bonds. The van der Waals surface area contributed by atoms with E-state index in [1.165, 1.54) is 13.0 Å². The van der Waals surface area contributed by atoms with Crippen molar-refractivity contribution in [1.82, 2.24) is 15.1 Å². The third kappa shape index (κ3) is 3.51. The summed E-state index contributed by atoms with van der Waals surface area (Å²) in [6.07, 6.45) is 3.31. The summed E-state index contributed by atoms with van der Waals surface area (Å²) < 4.78 is 0. The molecule has 0 bridgehead atoms. The van der Waals surface area contributed by atoms with Crippen LogP contribution < -0.4 is 5.32 Å². The maximum absolute atomic E-state index is 11.8. The smallest absolute Gasteiger partial charge is 0.325 e. The van der Waals surface area contributed by atoms with E-state index in [1.54, 1.807) is 0 Å². The Labute approximate surface area is 122 Å². The number of rotatable bonds is 8. The fourth-order valence-corrected chi connectivity index (χ4v) is 3.65. The van der Waals surface area contributed by atoms with Crippen molar-refractivity contribution in [2.75, 3.05) is 46.8 Å². The zero-order valence-corrected chi connectivity index (χ0v) is 13.1. The van der Waals surface area contributed by atoms with Crippen LogP contribution in [0.25, 0.3) is 0 Å². The molecule has 2 fully saturated rings. The van der Waals surface area contributed by atoms with Gasteiger partial charge in [-0.05, 0) is 58.3 Å². The summed E-state index contributed by atoms with van der Waals surface area (Å²) in [5, 5.41) is 13.0. The highest BCUT2D eigenvalue weighted by molar-refractivity contribution is 5.80. The molecule has 0 aromatic rings. The van der Waals surface area contributed by atoms with Gasteiger partial charge < -0.3 is 20.2 Å². The van der Waals surface area contributed by atoms with Crippen molar-refractivity contribution < 1.29 is 9.90 Å². The molecule has 1 aliphatic heterocycles. The van der Waals surface area contributed by atoms with Crippen molar-refractivity contribution in [2.45, 2.75) is 31.7 Å². The van der Waals surface area contributed by atoms with Crippen LogP contribution in [0.3, 0.4) is 0 Å². The minimum Gasteiger partial charge on any atom is -0.480 e. The molecular formula is C15H29N3O2. The third-order valence-corrected chi connectivity index (χ3v) is 4.73. The van der Waals surface area contributed by atoms with E-state index in [1.807, 2.05) is 6.92 Å². The quantitative estimate of drug-likeness (QED) is 0.687. The molecule has 2 aliphatic rings. The zero-order chi connectivity index (χ0) is 14.8. The molecule has 0 radical (unpaired) electrons. The van der Waals surface area contributed by atoms with E-state index >= 15 is 0 Å². The summed E-state index contributed by atoms with van der Waals surface area (Å²) in [5.74, 6) is 0.295. The summed E-state index contributed by atoms with van der Waals surface area (Å²) in [4.78, 5) is 16.4. The first kappa shape index (κ1) is 15.7. The average molecular weight is 283 g/mol. The topological polar surface area (TPSA) is 55.8 Å². The predicted molar refractivity (Wildman–Crippen MR) is 79.9 cm³/mol. The molecule has 0 spiro atoms. The van der Waals surface area contributed by atoms with E-state index < -0.39 is 11.5 Å². The Morgan fingerprint density at radius 1 is 1.45 bits per heavy atom. The molecular weight excluding hydrogens is 254 g/mol. The number of carbonyl (C=O) groups is 1. The van der Waals surface area contributed by atoms with Crippen LogP contribution in [-0.2, 0) is 4.79 Å². The van der Waals surface area contributed by atoms with Crippen molar-refractivity contribution in [3.8, 4) is 0 Å². The first-order valence-electron chi connectivity index (χ1n) is 7.83. The van der Waals surface area contributed by atoms with Crippen LogP contribution in [0.15, 0.2) is 0 Å². The molecule has 2 unspecified atom stereocenters. The molecule has 2 atom stereocenters. The summed E-state index contributed by atoms with van der Waals surface area (Å²) in [6, 6.07) is 0. The molecule has 2 N–H and O–H groups in total. The normalized spacial score (nSPS) is 26.9. The number of nitrogens with zero attached hydrogens (tertiary/aromatic N) is 2. The minimum atomic E-state index is -0.742. The first-order chi connectivity index (χ1) is 9.48. The highest BCUT2D eigenvalue weighted by atomic mass is 16.4. The number of carboxylic acids is 1. The van der Waals surface area contributed by atoms with E-state index in [9.17, 15) is 9.90 Å². The van der Waals surface area contributed by atoms with E-state index in [4.69, 9.17) is 0 Å². The van der Waals surface area contributed by atoms with Crippen LogP contribution >= 0.6 is 0 Å². The van der Waals surface area contributed by atoms with Gasteiger partial charge >= 0.3 is 5.97 Å². The van der Waals surface area contributed by atoms with Crippen LogP contribution in [0.4, 0.5) is 0 Å². The number of nitrogens with one attached hydrogen (secondary N) is 1. The molecule has 5 nitrogen and oxygen atoms in total.